The Morgan fingerprint density at radius 3 is 2.76 bits per heavy atom. The molecule has 150 valence electrons. The van der Waals surface area contributed by atoms with Crippen molar-refractivity contribution < 1.29 is 4.79 Å². The number of aryl methyl sites for hydroxylation is 2. The van der Waals surface area contributed by atoms with E-state index in [4.69, 9.17) is 5.10 Å². The smallest absolute Gasteiger partial charge is 0.230 e. The third kappa shape index (κ3) is 3.85. The second-order valence-electron chi connectivity index (χ2n) is 7.30. The zero-order valence-electron chi connectivity index (χ0n) is 17.0. The van der Waals surface area contributed by atoms with Crippen molar-refractivity contribution in [1.29, 1.82) is 0 Å². The molecule has 1 N–H and O–H groups in total. The minimum Gasteiger partial charge on any atom is -0.353 e. The number of nitrogens with zero attached hydrogens (tertiary/aromatic N) is 5. The molecule has 0 aliphatic heterocycles. The highest BCUT2D eigenvalue weighted by atomic mass is 32.2. The molecule has 8 heteroatoms. The predicted molar refractivity (Wildman–Crippen MR) is 115 cm³/mol. The lowest BCUT2D eigenvalue weighted by Gasteiger charge is -2.10. The molecule has 29 heavy (non-hydrogen) atoms. The van der Waals surface area contributed by atoms with Gasteiger partial charge < -0.3 is 5.32 Å². The Kier molecular flexibility index (Phi) is 5.27. The Hall–Kier alpha value is -2.87. The third-order valence-electron chi connectivity index (χ3n) is 5.14. The van der Waals surface area contributed by atoms with Gasteiger partial charge in [-0.05, 0) is 50.5 Å². The van der Waals surface area contributed by atoms with Crippen LogP contribution in [0.25, 0.3) is 22.4 Å². The first kappa shape index (κ1) is 19.4. The normalized spacial score (nSPS) is 12.6. The lowest BCUT2D eigenvalue weighted by Crippen LogP contribution is -2.33. The maximum atomic E-state index is 12.1. The topological polar surface area (TPSA) is 76.6 Å². The molecular weight excluding hydrogens is 384 g/mol. The van der Waals surface area contributed by atoms with E-state index in [0.717, 1.165) is 28.8 Å². The molecule has 0 spiro atoms. The summed E-state index contributed by atoms with van der Waals surface area (Å²) in [4.78, 5) is 12.1. The molecule has 0 aliphatic carbocycles. The number of benzene rings is 1. The number of fused-ring (bicyclic) bond motifs is 3. The standard InChI is InChI=1S/C21H24N6OS/c1-5-15(4)22-19(28)12-29-21-24-23-20-18-11-17(25-27(18)9-8-26(20)21)16-7-6-13(2)14(3)10-16/h6-11,15H,5,12H2,1-4H3,(H,22,28). The number of carbonyl (C=O) groups excluding carboxylic acids is 1. The van der Waals surface area contributed by atoms with Crippen LogP contribution in [0, 0.1) is 13.8 Å². The van der Waals surface area contributed by atoms with Crippen LogP contribution in [-0.4, -0.2) is 41.9 Å². The quantitative estimate of drug-likeness (QED) is 0.493. The van der Waals surface area contributed by atoms with E-state index in [1.54, 1.807) is 0 Å². The Bertz CT molecular complexity index is 1190. The maximum absolute atomic E-state index is 12.1. The zero-order chi connectivity index (χ0) is 20.5. The number of carbonyl (C=O) groups is 1. The highest BCUT2D eigenvalue weighted by Crippen LogP contribution is 2.25. The first-order valence-corrected chi connectivity index (χ1v) is 10.7. The van der Waals surface area contributed by atoms with Crippen molar-refractivity contribution in [1.82, 2.24) is 29.5 Å². The molecule has 4 aromatic rings. The Balaban J connectivity index is 1.62. The van der Waals surface area contributed by atoms with Crippen LogP contribution in [0.2, 0.25) is 0 Å². The van der Waals surface area contributed by atoms with Gasteiger partial charge in [0.15, 0.2) is 10.8 Å². The molecule has 3 aromatic heterocycles. The molecule has 0 aliphatic rings. The highest BCUT2D eigenvalue weighted by molar-refractivity contribution is 7.99. The molecule has 0 radical (unpaired) electrons. The molecule has 0 bridgehead atoms. The van der Waals surface area contributed by atoms with Gasteiger partial charge in [0, 0.05) is 24.0 Å². The van der Waals surface area contributed by atoms with E-state index in [9.17, 15) is 4.79 Å². The number of amides is 1. The first-order valence-electron chi connectivity index (χ1n) is 9.69. The molecule has 1 aromatic carbocycles. The van der Waals surface area contributed by atoms with Crippen LogP contribution < -0.4 is 5.32 Å². The molecule has 7 nitrogen and oxygen atoms in total. The molecule has 0 saturated carbocycles. The van der Waals surface area contributed by atoms with E-state index in [-0.39, 0.29) is 11.9 Å². The number of rotatable bonds is 6. The molecule has 0 fully saturated rings. The predicted octanol–water partition coefficient (Wildman–Crippen LogP) is 3.67. The summed E-state index contributed by atoms with van der Waals surface area (Å²) >= 11 is 1.38. The maximum Gasteiger partial charge on any atom is 0.230 e. The van der Waals surface area contributed by atoms with Crippen LogP contribution in [-0.2, 0) is 4.79 Å². The summed E-state index contributed by atoms with van der Waals surface area (Å²) in [6, 6.07) is 8.55. The van der Waals surface area contributed by atoms with Gasteiger partial charge in [-0.2, -0.15) is 5.10 Å². The largest absolute Gasteiger partial charge is 0.353 e. The van der Waals surface area contributed by atoms with E-state index >= 15 is 0 Å². The summed E-state index contributed by atoms with van der Waals surface area (Å²) in [6.45, 7) is 8.25. The van der Waals surface area contributed by atoms with Gasteiger partial charge in [-0.1, -0.05) is 30.8 Å². The van der Waals surface area contributed by atoms with Crippen LogP contribution in [0.4, 0.5) is 0 Å². The van der Waals surface area contributed by atoms with Gasteiger partial charge in [0.25, 0.3) is 0 Å². The number of hydrogen-bond acceptors (Lipinski definition) is 5. The molecule has 1 amide bonds. The van der Waals surface area contributed by atoms with E-state index in [1.807, 2.05) is 41.2 Å². The van der Waals surface area contributed by atoms with Crippen molar-refractivity contribution in [3.05, 3.63) is 47.8 Å². The SMILES string of the molecule is CCC(C)NC(=O)CSc1nnc2c3cc(-c4ccc(C)c(C)c4)nn3ccn12. The van der Waals surface area contributed by atoms with E-state index in [1.165, 1.54) is 22.9 Å². The number of nitrogens with one attached hydrogen (secondary N) is 1. The van der Waals surface area contributed by atoms with Crippen molar-refractivity contribution in [2.24, 2.45) is 0 Å². The first-order chi connectivity index (χ1) is 14.0. The minimum atomic E-state index is 0.00329. The zero-order valence-corrected chi connectivity index (χ0v) is 17.8. The van der Waals surface area contributed by atoms with Crippen LogP contribution in [0.5, 0.6) is 0 Å². The fourth-order valence-electron chi connectivity index (χ4n) is 3.08. The molecule has 3 heterocycles. The number of hydrogen-bond donors (Lipinski definition) is 1. The van der Waals surface area contributed by atoms with Crippen molar-refractivity contribution >= 4 is 28.8 Å². The molecule has 1 atom stereocenters. The Morgan fingerprint density at radius 1 is 1.17 bits per heavy atom. The fraction of sp³-hybridized carbons (Fsp3) is 0.333. The van der Waals surface area contributed by atoms with Gasteiger partial charge in [-0.15, -0.1) is 10.2 Å². The van der Waals surface area contributed by atoms with Crippen LogP contribution in [0.15, 0.2) is 41.8 Å². The van der Waals surface area contributed by atoms with Crippen molar-refractivity contribution in [3.8, 4) is 11.3 Å². The number of thioether (sulfide) groups is 1. The summed E-state index contributed by atoms with van der Waals surface area (Å²) < 4.78 is 3.72. The summed E-state index contributed by atoms with van der Waals surface area (Å²) in [6.07, 6.45) is 4.68. The van der Waals surface area contributed by atoms with Crippen LogP contribution >= 0.6 is 11.8 Å². The molecular formula is C21H24N6OS. The van der Waals surface area contributed by atoms with Crippen molar-refractivity contribution in [2.75, 3.05) is 5.75 Å². The average Bonchev–Trinajstić information content (AvgIpc) is 3.32. The minimum absolute atomic E-state index is 0.00329. The number of aromatic nitrogens is 5. The van der Waals surface area contributed by atoms with Gasteiger partial charge in [-0.3, -0.25) is 9.20 Å². The van der Waals surface area contributed by atoms with Gasteiger partial charge >= 0.3 is 0 Å². The van der Waals surface area contributed by atoms with Gasteiger partial charge in [0.05, 0.1) is 11.4 Å². The van der Waals surface area contributed by atoms with Crippen LogP contribution in [0.1, 0.15) is 31.4 Å². The van der Waals surface area contributed by atoms with Gasteiger partial charge in [0.1, 0.15) is 5.52 Å². The summed E-state index contributed by atoms with van der Waals surface area (Å²) in [5.74, 6) is 0.312. The van der Waals surface area contributed by atoms with Gasteiger partial charge in [-0.25, -0.2) is 4.52 Å². The van der Waals surface area contributed by atoms with Gasteiger partial charge in [0.2, 0.25) is 5.91 Å². The molecule has 0 saturated heterocycles. The average molecular weight is 409 g/mol. The molecule has 4 rings (SSSR count). The summed E-state index contributed by atoms with van der Waals surface area (Å²) in [5, 5.41) is 17.0. The van der Waals surface area contributed by atoms with Crippen molar-refractivity contribution in [3.63, 3.8) is 0 Å². The summed E-state index contributed by atoms with van der Waals surface area (Å²) in [7, 11) is 0. The third-order valence-corrected chi connectivity index (χ3v) is 6.08. The second-order valence-corrected chi connectivity index (χ2v) is 8.24. The molecule has 1 unspecified atom stereocenters. The van der Waals surface area contributed by atoms with Crippen LogP contribution in [0.3, 0.4) is 0 Å². The summed E-state index contributed by atoms with van der Waals surface area (Å²) in [5.41, 5.74) is 6.07. The Labute approximate surface area is 173 Å². The monoisotopic (exact) mass is 408 g/mol. The Morgan fingerprint density at radius 2 is 2.00 bits per heavy atom. The highest BCUT2D eigenvalue weighted by Gasteiger charge is 2.14. The van der Waals surface area contributed by atoms with E-state index in [0.29, 0.717) is 10.9 Å². The lowest BCUT2D eigenvalue weighted by atomic mass is 10.0. The fourth-order valence-corrected chi connectivity index (χ4v) is 3.81. The second kappa shape index (κ2) is 7.87. The van der Waals surface area contributed by atoms with Crippen molar-refractivity contribution in [2.45, 2.75) is 45.3 Å². The lowest BCUT2D eigenvalue weighted by molar-refractivity contribution is -0.119. The van der Waals surface area contributed by atoms with E-state index in [2.05, 4.69) is 47.6 Å². The van der Waals surface area contributed by atoms with E-state index < -0.39 is 0 Å².